The van der Waals surface area contributed by atoms with E-state index in [0.29, 0.717) is 29.7 Å². The van der Waals surface area contributed by atoms with Crippen LogP contribution in [0, 0.1) is 6.92 Å². The minimum absolute atomic E-state index is 0.127. The molecule has 1 amide bonds. The zero-order valence-corrected chi connectivity index (χ0v) is 25.0. The third-order valence-electron chi connectivity index (χ3n) is 7.12. The number of aromatic nitrogens is 4. The summed E-state index contributed by atoms with van der Waals surface area (Å²) in [4.78, 5) is 35.1. The number of nitrogens with zero attached hydrogens (tertiary/aromatic N) is 6. The van der Waals surface area contributed by atoms with Gasteiger partial charge in [0.25, 0.3) is 5.91 Å². The fourth-order valence-electron chi connectivity index (χ4n) is 4.85. The standard InChI is InChI=1S/C25H28N8O2S.C5H10O/c1-16-12-22(31-25(28-16)33-8-6-32(7-9-33)10-11-34)30-21-14-19-20(15-27-21)36-24(29-19)18-5-3-4-17(13-18)23(35)26-2;1-2-4-6-5-3-1/h3-5,12-15,34H,6-11H2,1-2H3,(H,26,35)(H,27,28,30,31);1-5H2. The molecule has 2 aliphatic rings. The maximum Gasteiger partial charge on any atom is 0.251 e. The highest BCUT2D eigenvalue weighted by Crippen LogP contribution is 2.31. The number of ether oxygens (including phenoxy) is 1. The van der Waals surface area contributed by atoms with Gasteiger partial charge < -0.3 is 25.4 Å². The number of pyridine rings is 1. The van der Waals surface area contributed by atoms with Gasteiger partial charge in [0.1, 0.15) is 16.6 Å². The molecule has 3 N–H and O–H groups in total. The second kappa shape index (κ2) is 14.5. The van der Waals surface area contributed by atoms with Crippen LogP contribution in [0.15, 0.2) is 42.6 Å². The average molecular weight is 591 g/mol. The van der Waals surface area contributed by atoms with Crippen LogP contribution in [0.2, 0.25) is 0 Å². The summed E-state index contributed by atoms with van der Waals surface area (Å²) in [5.41, 5.74) is 3.18. The Bertz CT molecular complexity index is 1470. The van der Waals surface area contributed by atoms with E-state index in [1.54, 1.807) is 19.3 Å². The lowest BCUT2D eigenvalue weighted by molar-refractivity contribution is 0.0962. The first-order valence-electron chi connectivity index (χ1n) is 14.4. The number of hydrogen-bond acceptors (Lipinski definition) is 11. The van der Waals surface area contributed by atoms with Crippen molar-refractivity contribution >= 4 is 45.0 Å². The van der Waals surface area contributed by atoms with E-state index in [-0.39, 0.29) is 12.5 Å². The number of fused-ring (bicyclic) bond motifs is 1. The summed E-state index contributed by atoms with van der Waals surface area (Å²) >= 11 is 1.54. The molecule has 5 heterocycles. The summed E-state index contributed by atoms with van der Waals surface area (Å²) in [6.45, 7) is 8.20. The van der Waals surface area contributed by atoms with Gasteiger partial charge in [-0.15, -0.1) is 11.3 Å². The molecule has 12 heteroatoms. The number of thiazole rings is 1. The fourth-order valence-corrected chi connectivity index (χ4v) is 5.77. The molecule has 6 rings (SSSR count). The van der Waals surface area contributed by atoms with E-state index in [1.807, 2.05) is 37.3 Å². The Kier molecular flexibility index (Phi) is 10.2. The number of nitrogens with one attached hydrogen (secondary N) is 2. The van der Waals surface area contributed by atoms with Crippen LogP contribution < -0.4 is 15.5 Å². The van der Waals surface area contributed by atoms with Gasteiger partial charge in [0.2, 0.25) is 5.95 Å². The quantitative estimate of drug-likeness (QED) is 0.292. The highest BCUT2D eigenvalue weighted by Gasteiger charge is 2.19. The second-order valence-electron chi connectivity index (χ2n) is 10.3. The molecule has 0 aliphatic carbocycles. The summed E-state index contributed by atoms with van der Waals surface area (Å²) in [6.07, 6.45) is 5.73. The molecule has 42 heavy (non-hydrogen) atoms. The van der Waals surface area contributed by atoms with E-state index in [0.717, 1.165) is 65.9 Å². The molecule has 0 unspecified atom stereocenters. The van der Waals surface area contributed by atoms with Crippen molar-refractivity contribution in [2.75, 3.05) is 69.8 Å². The van der Waals surface area contributed by atoms with Gasteiger partial charge >= 0.3 is 0 Å². The topological polar surface area (TPSA) is 129 Å². The van der Waals surface area contributed by atoms with Gasteiger partial charge in [-0.05, 0) is 38.3 Å². The highest BCUT2D eigenvalue weighted by atomic mass is 32.1. The predicted octanol–water partition coefficient (Wildman–Crippen LogP) is 3.86. The summed E-state index contributed by atoms with van der Waals surface area (Å²) in [7, 11) is 1.62. The Balaban J connectivity index is 0.000000524. The minimum atomic E-state index is -0.127. The number of rotatable bonds is 7. The lowest BCUT2D eigenvalue weighted by atomic mass is 10.1. The minimum Gasteiger partial charge on any atom is -0.395 e. The SMILES string of the molecule is C1CCOCC1.CNC(=O)c1cccc(-c2nc3cc(Nc4cc(C)nc(N5CCN(CCO)CC5)n4)ncc3s2)c1. The average Bonchev–Trinajstić information content (AvgIpc) is 3.46. The zero-order valence-electron chi connectivity index (χ0n) is 24.2. The number of anilines is 3. The number of carbonyl (C=O) groups is 1. The molecule has 2 fully saturated rings. The van der Waals surface area contributed by atoms with Gasteiger partial charge in [-0.25, -0.2) is 15.0 Å². The van der Waals surface area contributed by atoms with Crippen molar-refractivity contribution in [1.29, 1.82) is 0 Å². The second-order valence-corrected chi connectivity index (χ2v) is 11.3. The third kappa shape index (κ3) is 7.77. The van der Waals surface area contributed by atoms with E-state index in [4.69, 9.17) is 19.8 Å². The smallest absolute Gasteiger partial charge is 0.251 e. The van der Waals surface area contributed by atoms with E-state index in [9.17, 15) is 4.79 Å². The van der Waals surface area contributed by atoms with Crippen LogP contribution in [0.4, 0.5) is 17.6 Å². The maximum absolute atomic E-state index is 12.0. The Morgan fingerprint density at radius 1 is 1.02 bits per heavy atom. The van der Waals surface area contributed by atoms with E-state index < -0.39 is 0 Å². The number of β-amino-alcohol motifs (C(OH)–C–C–N with tert-alkyl or cyclic N) is 1. The maximum atomic E-state index is 12.0. The molecule has 2 aliphatic heterocycles. The first-order valence-corrected chi connectivity index (χ1v) is 15.2. The molecular formula is C30H38N8O3S. The van der Waals surface area contributed by atoms with Crippen molar-refractivity contribution in [3.8, 4) is 10.6 Å². The van der Waals surface area contributed by atoms with Gasteiger partial charge in [0, 0.05) is 88.1 Å². The van der Waals surface area contributed by atoms with Crippen LogP contribution in [0.5, 0.6) is 0 Å². The van der Waals surface area contributed by atoms with Crippen molar-refractivity contribution in [2.45, 2.75) is 26.2 Å². The van der Waals surface area contributed by atoms with Gasteiger partial charge in [-0.3, -0.25) is 9.69 Å². The first kappa shape index (κ1) is 29.8. The highest BCUT2D eigenvalue weighted by molar-refractivity contribution is 7.21. The summed E-state index contributed by atoms with van der Waals surface area (Å²) in [5.74, 6) is 1.89. The molecular weight excluding hydrogens is 552 g/mol. The van der Waals surface area contributed by atoms with Gasteiger partial charge in [-0.1, -0.05) is 12.1 Å². The van der Waals surface area contributed by atoms with Crippen molar-refractivity contribution in [3.05, 3.63) is 53.9 Å². The Morgan fingerprint density at radius 3 is 2.52 bits per heavy atom. The lowest BCUT2D eigenvalue weighted by Crippen LogP contribution is -2.47. The van der Waals surface area contributed by atoms with Gasteiger partial charge in [0.15, 0.2) is 0 Å². The molecule has 0 spiro atoms. The Hall–Kier alpha value is -3.71. The summed E-state index contributed by atoms with van der Waals surface area (Å²) in [5, 5.41) is 16.0. The molecule has 2 saturated heterocycles. The molecule has 0 bridgehead atoms. The van der Waals surface area contributed by atoms with Crippen molar-refractivity contribution in [1.82, 2.24) is 30.2 Å². The Morgan fingerprint density at radius 2 is 1.83 bits per heavy atom. The number of piperazine rings is 1. The molecule has 222 valence electrons. The van der Waals surface area contributed by atoms with Gasteiger partial charge in [-0.2, -0.15) is 4.98 Å². The van der Waals surface area contributed by atoms with Crippen LogP contribution >= 0.6 is 11.3 Å². The van der Waals surface area contributed by atoms with E-state index in [2.05, 4.69) is 30.4 Å². The number of aliphatic hydroxyl groups excluding tert-OH is 1. The molecule has 0 radical (unpaired) electrons. The van der Waals surface area contributed by atoms with Crippen LogP contribution in [-0.2, 0) is 4.74 Å². The number of amides is 1. The zero-order chi connectivity index (χ0) is 29.3. The monoisotopic (exact) mass is 590 g/mol. The molecule has 4 aromatic rings. The number of benzene rings is 1. The van der Waals surface area contributed by atoms with Crippen LogP contribution in [0.3, 0.4) is 0 Å². The van der Waals surface area contributed by atoms with Crippen LogP contribution in [0.1, 0.15) is 35.3 Å². The van der Waals surface area contributed by atoms with Crippen LogP contribution in [-0.4, -0.2) is 95.4 Å². The molecule has 11 nitrogen and oxygen atoms in total. The molecule has 0 saturated carbocycles. The third-order valence-corrected chi connectivity index (χ3v) is 8.18. The van der Waals surface area contributed by atoms with E-state index in [1.165, 1.54) is 30.6 Å². The molecule has 1 aromatic carbocycles. The lowest BCUT2D eigenvalue weighted by Gasteiger charge is -2.34. The number of aryl methyl sites for hydroxylation is 1. The number of aliphatic hydroxyl groups is 1. The first-order chi connectivity index (χ1) is 20.5. The summed E-state index contributed by atoms with van der Waals surface area (Å²) < 4.78 is 6.03. The molecule has 0 atom stereocenters. The normalized spacial score (nSPS) is 15.6. The largest absolute Gasteiger partial charge is 0.395 e. The van der Waals surface area contributed by atoms with Crippen molar-refractivity contribution in [3.63, 3.8) is 0 Å². The van der Waals surface area contributed by atoms with Crippen molar-refractivity contribution in [2.24, 2.45) is 0 Å². The Labute approximate surface area is 250 Å². The predicted molar refractivity (Wildman–Crippen MR) is 167 cm³/mol. The molecule has 3 aromatic heterocycles. The van der Waals surface area contributed by atoms with Crippen molar-refractivity contribution < 1.29 is 14.6 Å². The summed E-state index contributed by atoms with van der Waals surface area (Å²) in [6, 6.07) is 11.2. The fraction of sp³-hybridized carbons (Fsp3) is 0.433. The van der Waals surface area contributed by atoms with Gasteiger partial charge in [0.05, 0.1) is 16.8 Å². The van der Waals surface area contributed by atoms with Crippen LogP contribution in [0.25, 0.3) is 20.8 Å². The van der Waals surface area contributed by atoms with E-state index >= 15 is 0 Å². The number of carbonyl (C=O) groups excluding carboxylic acids is 1. The number of hydrogen-bond donors (Lipinski definition) is 3.